The van der Waals surface area contributed by atoms with E-state index in [1.54, 1.807) is 32.9 Å². The number of rotatable bonds is 2. The van der Waals surface area contributed by atoms with E-state index in [1.807, 2.05) is 0 Å². The molecule has 0 aliphatic heterocycles. The predicted molar refractivity (Wildman–Crippen MR) is 93.3 cm³/mol. The monoisotopic (exact) mass is 342 g/mol. The minimum atomic E-state index is -0.680. The van der Waals surface area contributed by atoms with Gasteiger partial charge in [-0.2, -0.15) is 0 Å². The zero-order valence-corrected chi connectivity index (χ0v) is 14.0. The maximum atomic E-state index is 12.9. The number of phenolic OH excluding ortho intramolecular Hbond substituents is 3. The van der Waals surface area contributed by atoms with Gasteiger partial charge in [0.15, 0.2) is 5.76 Å². The standard InChI is InChI=1S/C19H18O6/c1-19(2,3)25-18-16(23)15-13(22)8-12(21)9-14(15)24-17(18)10-4-6-11(20)7-5-10/h4-9,20-22H,1-3H3. The first kappa shape index (κ1) is 16.7. The van der Waals surface area contributed by atoms with Crippen molar-refractivity contribution in [1.29, 1.82) is 0 Å². The Bertz CT molecular complexity index is 994. The van der Waals surface area contributed by atoms with Gasteiger partial charge in [0.25, 0.3) is 0 Å². The lowest BCUT2D eigenvalue weighted by molar-refractivity contribution is 0.127. The number of hydrogen-bond donors (Lipinski definition) is 3. The molecule has 0 bridgehead atoms. The van der Waals surface area contributed by atoms with E-state index in [0.29, 0.717) is 5.56 Å². The van der Waals surface area contributed by atoms with Crippen molar-refractivity contribution in [2.75, 3.05) is 0 Å². The third-order valence-electron chi connectivity index (χ3n) is 3.46. The Morgan fingerprint density at radius 2 is 1.60 bits per heavy atom. The van der Waals surface area contributed by atoms with Gasteiger partial charge in [0.05, 0.1) is 0 Å². The largest absolute Gasteiger partial charge is 0.508 e. The van der Waals surface area contributed by atoms with Gasteiger partial charge in [0, 0.05) is 17.7 Å². The summed E-state index contributed by atoms with van der Waals surface area (Å²) in [4.78, 5) is 12.9. The Balaban J connectivity index is 2.38. The fourth-order valence-electron chi connectivity index (χ4n) is 2.47. The third kappa shape index (κ3) is 3.24. The van der Waals surface area contributed by atoms with E-state index in [4.69, 9.17) is 9.15 Å². The van der Waals surface area contributed by atoms with Gasteiger partial charge in [-0.3, -0.25) is 4.79 Å². The van der Waals surface area contributed by atoms with Crippen LogP contribution in [0.1, 0.15) is 20.8 Å². The number of hydrogen-bond acceptors (Lipinski definition) is 6. The molecule has 130 valence electrons. The average Bonchev–Trinajstić information content (AvgIpc) is 2.49. The van der Waals surface area contributed by atoms with Crippen LogP contribution in [0.2, 0.25) is 0 Å². The summed E-state index contributed by atoms with van der Waals surface area (Å²) >= 11 is 0. The van der Waals surface area contributed by atoms with Gasteiger partial charge >= 0.3 is 0 Å². The molecule has 0 aliphatic rings. The summed E-state index contributed by atoms with van der Waals surface area (Å²) in [5.41, 5.74) is -0.678. The first-order valence-electron chi connectivity index (χ1n) is 7.67. The Morgan fingerprint density at radius 1 is 0.960 bits per heavy atom. The fourth-order valence-corrected chi connectivity index (χ4v) is 2.47. The molecule has 3 N–H and O–H groups in total. The van der Waals surface area contributed by atoms with E-state index in [2.05, 4.69) is 0 Å². The van der Waals surface area contributed by atoms with Crippen molar-refractivity contribution in [2.24, 2.45) is 0 Å². The van der Waals surface area contributed by atoms with Gasteiger partial charge in [0.1, 0.15) is 33.8 Å². The van der Waals surface area contributed by atoms with Crippen molar-refractivity contribution in [3.05, 3.63) is 46.6 Å². The molecule has 0 radical (unpaired) electrons. The first-order chi connectivity index (χ1) is 11.7. The molecule has 6 heteroatoms. The summed E-state index contributed by atoms with van der Waals surface area (Å²) < 4.78 is 11.6. The summed E-state index contributed by atoms with van der Waals surface area (Å²) in [6, 6.07) is 8.40. The predicted octanol–water partition coefficient (Wildman–Crippen LogP) is 3.75. The van der Waals surface area contributed by atoms with Crippen LogP contribution in [0.5, 0.6) is 23.0 Å². The number of fused-ring (bicyclic) bond motifs is 1. The molecule has 6 nitrogen and oxygen atoms in total. The topological polar surface area (TPSA) is 100 Å². The van der Waals surface area contributed by atoms with Gasteiger partial charge in [-0.05, 0) is 45.0 Å². The molecule has 2 aromatic carbocycles. The van der Waals surface area contributed by atoms with E-state index >= 15 is 0 Å². The van der Waals surface area contributed by atoms with Crippen LogP contribution < -0.4 is 10.2 Å². The molecule has 0 saturated carbocycles. The van der Waals surface area contributed by atoms with E-state index in [1.165, 1.54) is 18.2 Å². The number of benzene rings is 2. The van der Waals surface area contributed by atoms with E-state index < -0.39 is 11.0 Å². The Kier molecular flexibility index (Phi) is 3.83. The van der Waals surface area contributed by atoms with Crippen LogP contribution in [-0.4, -0.2) is 20.9 Å². The Labute approximate surface area is 143 Å². The average molecular weight is 342 g/mol. The minimum absolute atomic E-state index is 0.0341. The van der Waals surface area contributed by atoms with Crippen molar-refractivity contribution in [1.82, 2.24) is 0 Å². The molecule has 0 atom stereocenters. The molecule has 3 rings (SSSR count). The molecular formula is C19H18O6. The van der Waals surface area contributed by atoms with Crippen LogP contribution >= 0.6 is 0 Å². The van der Waals surface area contributed by atoms with Crippen molar-refractivity contribution in [3.8, 4) is 34.3 Å². The van der Waals surface area contributed by atoms with Crippen molar-refractivity contribution in [3.63, 3.8) is 0 Å². The van der Waals surface area contributed by atoms with E-state index in [0.717, 1.165) is 6.07 Å². The second kappa shape index (κ2) is 5.73. The van der Waals surface area contributed by atoms with Gasteiger partial charge in [0.2, 0.25) is 11.2 Å². The van der Waals surface area contributed by atoms with Crippen LogP contribution in [-0.2, 0) is 0 Å². The molecule has 1 aromatic heterocycles. The highest BCUT2D eigenvalue weighted by Gasteiger charge is 2.24. The molecule has 0 unspecified atom stereocenters. The Hall–Kier alpha value is -3.15. The highest BCUT2D eigenvalue weighted by molar-refractivity contribution is 5.88. The van der Waals surface area contributed by atoms with Crippen molar-refractivity contribution >= 4 is 11.0 Å². The number of phenols is 3. The van der Waals surface area contributed by atoms with E-state index in [9.17, 15) is 20.1 Å². The molecule has 0 aliphatic carbocycles. The highest BCUT2D eigenvalue weighted by atomic mass is 16.5. The van der Waals surface area contributed by atoms with Crippen LogP contribution in [0.25, 0.3) is 22.3 Å². The lowest BCUT2D eigenvalue weighted by Gasteiger charge is -2.22. The number of ether oxygens (including phenoxy) is 1. The maximum absolute atomic E-state index is 12.9. The summed E-state index contributed by atoms with van der Waals surface area (Å²) in [5.74, 6) is -0.446. The van der Waals surface area contributed by atoms with Gasteiger partial charge in [-0.1, -0.05) is 0 Å². The molecule has 3 aromatic rings. The smallest absolute Gasteiger partial charge is 0.239 e. The Morgan fingerprint density at radius 3 is 2.20 bits per heavy atom. The summed E-state index contributed by atoms with van der Waals surface area (Å²) in [6.45, 7) is 5.36. The summed E-state index contributed by atoms with van der Waals surface area (Å²) in [7, 11) is 0. The fraction of sp³-hybridized carbons (Fsp3) is 0.211. The summed E-state index contributed by atoms with van der Waals surface area (Å²) in [5, 5.41) is 29.1. The van der Waals surface area contributed by atoms with Crippen LogP contribution in [0.4, 0.5) is 0 Å². The van der Waals surface area contributed by atoms with Crippen LogP contribution in [0, 0.1) is 0 Å². The lowest BCUT2D eigenvalue weighted by atomic mass is 10.1. The van der Waals surface area contributed by atoms with Crippen LogP contribution in [0.15, 0.2) is 45.6 Å². The molecule has 25 heavy (non-hydrogen) atoms. The zero-order chi connectivity index (χ0) is 18.4. The molecule has 0 fully saturated rings. The van der Waals surface area contributed by atoms with Gasteiger partial charge in [-0.25, -0.2) is 0 Å². The molecule has 0 saturated heterocycles. The molecule has 0 spiro atoms. The third-order valence-corrected chi connectivity index (χ3v) is 3.46. The maximum Gasteiger partial charge on any atom is 0.239 e. The summed E-state index contributed by atoms with van der Waals surface area (Å²) in [6.07, 6.45) is 0. The molecule has 1 heterocycles. The van der Waals surface area contributed by atoms with Gasteiger partial charge in [-0.15, -0.1) is 0 Å². The number of aromatic hydroxyl groups is 3. The second-order valence-electron chi connectivity index (χ2n) is 6.69. The quantitative estimate of drug-likeness (QED) is 0.656. The lowest BCUT2D eigenvalue weighted by Crippen LogP contribution is -2.26. The second-order valence-corrected chi connectivity index (χ2v) is 6.69. The van der Waals surface area contributed by atoms with Crippen molar-refractivity contribution < 1.29 is 24.5 Å². The van der Waals surface area contributed by atoms with Crippen LogP contribution in [0.3, 0.4) is 0 Å². The van der Waals surface area contributed by atoms with Gasteiger partial charge < -0.3 is 24.5 Å². The first-order valence-corrected chi connectivity index (χ1v) is 7.67. The highest BCUT2D eigenvalue weighted by Crippen LogP contribution is 2.37. The SMILES string of the molecule is CC(C)(C)Oc1c(-c2ccc(O)cc2)oc2cc(O)cc(O)c2c1=O. The molecule has 0 amide bonds. The van der Waals surface area contributed by atoms with Crippen molar-refractivity contribution in [2.45, 2.75) is 26.4 Å². The normalized spacial score (nSPS) is 11.6. The van der Waals surface area contributed by atoms with E-state index in [-0.39, 0.29) is 39.7 Å². The zero-order valence-electron chi connectivity index (χ0n) is 14.0. The molecular weight excluding hydrogens is 324 g/mol. The minimum Gasteiger partial charge on any atom is -0.508 e.